The molecule has 3 nitrogen and oxygen atoms in total. The summed E-state index contributed by atoms with van der Waals surface area (Å²) < 4.78 is 5.27. The van der Waals surface area contributed by atoms with E-state index in [1.807, 2.05) is 52.1 Å². The van der Waals surface area contributed by atoms with Gasteiger partial charge in [-0.2, -0.15) is 0 Å². The van der Waals surface area contributed by atoms with Crippen molar-refractivity contribution in [3.05, 3.63) is 29.8 Å². The van der Waals surface area contributed by atoms with Gasteiger partial charge in [0.05, 0.1) is 7.11 Å². The van der Waals surface area contributed by atoms with Crippen LogP contribution in [0, 0.1) is 5.41 Å². The molecule has 1 amide bonds. The van der Waals surface area contributed by atoms with Crippen LogP contribution in [0.2, 0.25) is 0 Å². The lowest BCUT2D eigenvalue weighted by Gasteiger charge is -2.26. The first-order valence-corrected chi connectivity index (χ1v) is 5.73. The van der Waals surface area contributed by atoms with E-state index in [-0.39, 0.29) is 11.3 Å². The summed E-state index contributed by atoms with van der Waals surface area (Å²) in [5, 5.41) is 0. The largest absolute Gasteiger partial charge is 0.496 e. The lowest BCUT2D eigenvalue weighted by atomic mass is 9.95. The molecular weight excluding hydrogens is 214 g/mol. The van der Waals surface area contributed by atoms with Crippen molar-refractivity contribution in [2.24, 2.45) is 5.41 Å². The first kappa shape index (κ1) is 13.6. The molecule has 1 rings (SSSR count). The van der Waals surface area contributed by atoms with Crippen molar-refractivity contribution in [1.29, 1.82) is 0 Å². The number of carbonyl (C=O) groups is 1. The third-order valence-corrected chi connectivity index (χ3v) is 2.59. The molecule has 0 unspecified atom stereocenters. The number of nitrogens with zero attached hydrogens (tertiary/aromatic N) is 1. The quantitative estimate of drug-likeness (QED) is 0.806. The third kappa shape index (κ3) is 3.48. The van der Waals surface area contributed by atoms with Crippen LogP contribution in [-0.2, 0) is 11.3 Å². The molecular formula is C14H21NO2. The number of para-hydroxylation sites is 1. The summed E-state index contributed by atoms with van der Waals surface area (Å²) in [6.07, 6.45) is 0. The Balaban J connectivity index is 2.81. The minimum Gasteiger partial charge on any atom is -0.496 e. The Morgan fingerprint density at radius 3 is 2.41 bits per heavy atom. The van der Waals surface area contributed by atoms with Crippen LogP contribution in [0.5, 0.6) is 5.75 Å². The molecule has 0 aliphatic carbocycles. The van der Waals surface area contributed by atoms with E-state index in [1.165, 1.54) is 0 Å². The van der Waals surface area contributed by atoms with E-state index in [4.69, 9.17) is 4.74 Å². The van der Waals surface area contributed by atoms with Crippen LogP contribution in [0.3, 0.4) is 0 Å². The van der Waals surface area contributed by atoms with Gasteiger partial charge < -0.3 is 9.64 Å². The Hall–Kier alpha value is -1.51. The molecule has 0 aromatic heterocycles. The fraction of sp³-hybridized carbons (Fsp3) is 0.500. The molecule has 0 heterocycles. The van der Waals surface area contributed by atoms with Crippen LogP contribution < -0.4 is 4.74 Å². The van der Waals surface area contributed by atoms with E-state index >= 15 is 0 Å². The first-order valence-electron chi connectivity index (χ1n) is 5.73. The standard InChI is InChI=1S/C14H21NO2/c1-14(2,3)13(16)15(4)10-11-8-6-7-9-12(11)17-5/h6-9H,10H2,1-5H3. The number of hydrogen-bond donors (Lipinski definition) is 0. The van der Waals surface area contributed by atoms with Gasteiger partial charge in [0.2, 0.25) is 5.91 Å². The van der Waals surface area contributed by atoms with E-state index in [2.05, 4.69) is 0 Å². The van der Waals surface area contributed by atoms with Crippen molar-refractivity contribution < 1.29 is 9.53 Å². The lowest BCUT2D eigenvalue weighted by Crippen LogP contribution is -2.36. The smallest absolute Gasteiger partial charge is 0.227 e. The van der Waals surface area contributed by atoms with Gasteiger partial charge >= 0.3 is 0 Å². The number of benzene rings is 1. The lowest BCUT2D eigenvalue weighted by molar-refractivity contribution is -0.138. The first-order chi connectivity index (χ1) is 7.86. The molecule has 0 radical (unpaired) electrons. The summed E-state index contributed by atoms with van der Waals surface area (Å²) in [5.74, 6) is 0.949. The minimum atomic E-state index is -0.350. The molecule has 3 heteroatoms. The van der Waals surface area contributed by atoms with Crippen LogP contribution in [-0.4, -0.2) is 25.0 Å². The van der Waals surface area contributed by atoms with Gasteiger partial charge in [-0.15, -0.1) is 0 Å². The van der Waals surface area contributed by atoms with Crippen molar-refractivity contribution in [1.82, 2.24) is 4.90 Å². The maximum absolute atomic E-state index is 12.1. The summed E-state index contributed by atoms with van der Waals surface area (Å²) >= 11 is 0. The molecule has 94 valence electrons. The van der Waals surface area contributed by atoms with Crippen LogP contribution >= 0.6 is 0 Å². The number of ether oxygens (including phenoxy) is 1. The van der Waals surface area contributed by atoms with Crippen molar-refractivity contribution in [2.45, 2.75) is 27.3 Å². The predicted octanol–water partition coefficient (Wildman–Crippen LogP) is 2.70. The second-order valence-electron chi connectivity index (χ2n) is 5.22. The summed E-state index contributed by atoms with van der Waals surface area (Å²) in [5.41, 5.74) is 0.673. The zero-order chi connectivity index (χ0) is 13.1. The fourth-order valence-corrected chi connectivity index (χ4v) is 1.73. The molecule has 0 bridgehead atoms. The van der Waals surface area contributed by atoms with Gasteiger partial charge in [-0.1, -0.05) is 39.0 Å². The van der Waals surface area contributed by atoms with Gasteiger partial charge in [0.25, 0.3) is 0 Å². The molecule has 0 saturated carbocycles. The molecule has 1 aromatic carbocycles. The predicted molar refractivity (Wildman–Crippen MR) is 68.9 cm³/mol. The van der Waals surface area contributed by atoms with Crippen molar-refractivity contribution in [3.8, 4) is 5.75 Å². The second-order valence-corrected chi connectivity index (χ2v) is 5.22. The van der Waals surface area contributed by atoms with E-state index in [0.717, 1.165) is 11.3 Å². The monoisotopic (exact) mass is 235 g/mol. The Morgan fingerprint density at radius 2 is 1.88 bits per heavy atom. The van der Waals surface area contributed by atoms with E-state index in [1.54, 1.807) is 12.0 Å². The molecule has 1 aromatic rings. The Bertz CT molecular complexity index is 393. The van der Waals surface area contributed by atoms with Gasteiger partial charge in [-0.05, 0) is 6.07 Å². The summed E-state index contributed by atoms with van der Waals surface area (Å²) in [7, 11) is 3.46. The van der Waals surface area contributed by atoms with Gasteiger partial charge in [0.1, 0.15) is 5.75 Å². The number of carbonyl (C=O) groups excluding carboxylic acids is 1. The highest BCUT2D eigenvalue weighted by atomic mass is 16.5. The molecule has 0 N–H and O–H groups in total. The van der Waals surface area contributed by atoms with E-state index in [9.17, 15) is 4.79 Å². The van der Waals surface area contributed by atoms with E-state index < -0.39 is 0 Å². The molecule has 0 atom stereocenters. The fourth-order valence-electron chi connectivity index (χ4n) is 1.73. The number of hydrogen-bond acceptors (Lipinski definition) is 2. The highest BCUT2D eigenvalue weighted by Gasteiger charge is 2.25. The Kier molecular flexibility index (Phi) is 4.16. The van der Waals surface area contributed by atoms with Gasteiger partial charge in [-0.25, -0.2) is 0 Å². The van der Waals surface area contributed by atoms with E-state index in [0.29, 0.717) is 6.54 Å². The van der Waals surface area contributed by atoms with Crippen molar-refractivity contribution in [3.63, 3.8) is 0 Å². The molecule has 17 heavy (non-hydrogen) atoms. The number of methoxy groups -OCH3 is 1. The Morgan fingerprint density at radius 1 is 1.29 bits per heavy atom. The van der Waals surface area contributed by atoms with Crippen LogP contribution in [0.15, 0.2) is 24.3 Å². The zero-order valence-electron chi connectivity index (χ0n) is 11.3. The maximum atomic E-state index is 12.1. The molecule has 0 saturated heterocycles. The summed E-state index contributed by atoms with van der Waals surface area (Å²) in [6.45, 7) is 6.34. The van der Waals surface area contributed by atoms with Crippen molar-refractivity contribution >= 4 is 5.91 Å². The Labute approximate surface area is 103 Å². The molecule has 0 aliphatic rings. The molecule has 0 aliphatic heterocycles. The third-order valence-electron chi connectivity index (χ3n) is 2.59. The van der Waals surface area contributed by atoms with Gasteiger partial charge in [-0.3, -0.25) is 4.79 Å². The SMILES string of the molecule is COc1ccccc1CN(C)C(=O)C(C)(C)C. The average molecular weight is 235 g/mol. The number of rotatable bonds is 3. The van der Waals surface area contributed by atoms with Crippen LogP contribution in [0.25, 0.3) is 0 Å². The maximum Gasteiger partial charge on any atom is 0.227 e. The highest BCUT2D eigenvalue weighted by Crippen LogP contribution is 2.22. The highest BCUT2D eigenvalue weighted by molar-refractivity contribution is 5.81. The topological polar surface area (TPSA) is 29.5 Å². The van der Waals surface area contributed by atoms with Crippen LogP contribution in [0.4, 0.5) is 0 Å². The van der Waals surface area contributed by atoms with Gasteiger partial charge in [0, 0.05) is 24.6 Å². The van der Waals surface area contributed by atoms with Crippen molar-refractivity contribution in [2.75, 3.05) is 14.2 Å². The number of amides is 1. The summed E-state index contributed by atoms with van der Waals surface area (Å²) in [4.78, 5) is 13.8. The zero-order valence-corrected chi connectivity index (χ0v) is 11.3. The summed E-state index contributed by atoms with van der Waals surface area (Å²) in [6, 6.07) is 7.76. The normalized spacial score (nSPS) is 11.1. The van der Waals surface area contributed by atoms with Crippen LogP contribution in [0.1, 0.15) is 26.3 Å². The van der Waals surface area contributed by atoms with Gasteiger partial charge in [0.15, 0.2) is 0 Å². The molecule has 0 fully saturated rings. The minimum absolute atomic E-state index is 0.128. The average Bonchev–Trinajstić information content (AvgIpc) is 2.27. The second kappa shape index (κ2) is 5.21. The molecule has 0 spiro atoms.